The molecule has 11 heteroatoms. The number of nitrogens with zero attached hydrogens (tertiary/aromatic N) is 3. The quantitative estimate of drug-likeness (QED) is 0.369. The van der Waals surface area contributed by atoms with E-state index in [1.807, 2.05) is 24.3 Å². The number of carbonyl (C=O) groups is 2. The van der Waals surface area contributed by atoms with E-state index in [1.165, 1.54) is 31.6 Å². The van der Waals surface area contributed by atoms with Gasteiger partial charge in [-0.1, -0.05) is 23.7 Å². The van der Waals surface area contributed by atoms with E-state index < -0.39 is 0 Å². The third-order valence-electron chi connectivity index (χ3n) is 7.64. The van der Waals surface area contributed by atoms with E-state index in [0.717, 1.165) is 52.0 Å². The van der Waals surface area contributed by atoms with E-state index in [4.69, 9.17) is 31.5 Å². The summed E-state index contributed by atoms with van der Waals surface area (Å²) in [7, 11) is 3.09. The highest BCUT2D eigenvalue weighted by Crippen LogP contribution is 2.25. The second-order valence-electron chi connectivity index (χ2n) is 10.3. The van der Waals surface area contributed by atoms with Crippen LogP contribution in [0.15, 0.2) is 30.3 Å². The van der Waals surface area contributed by atoms with Gasteiger partial charge in [0.25, 0.3) is 5.91 Å². The number of hydrogen-bond acceptors (Lipinski definition) is 9. The van der Waals surface area contributed by atoms with Gasteiger partial charge in [0.2, 0.25) is 5.88 Å². The van der Waals surface area contributed by atoms with Crippen molar-refractivity contribution >= 4 is 29.3 Å². The first kappa shape index (κ1) is 30.0. The molecule has 3 N–H and O–H groups in total. The van der Waals surface area contributed by atoms with E-state index >= 15 is 0 Å². The van der Waals surface area contributed by atoms with Crippen LogP contribution >= 0.6 is 11.6 Å². The van der Waals surface area contributed by atoms with Crippen LogP contribution in [0.1, 0.15) is 52.0 Å². The topological polar surface area (TPSA) is 119 Å². The van der Waals surface area contributed by atoms with Crippen molar-refractivity contribution in [3.05, 3.63) is 52.0 Å². The molecule has 1 aromatic heterocycles. The minimum atomic E-state index is -0.328. The average Bonchev–Trinajstić information content (AvgIpc) is 3.48. The Morgan fingerprint density at radius 2 is 1.85 bits per heavy atom. The number of methoxy groups -OCH3 is 2. The van der Waals surface area contributed by atoms with Gasteiger partial charge in [-0.2, -0.15) is 4.98 Å². The maximum absolute atomic E-state index is 13.0. The van der Waals surface area contributed by atoms with E-state index in [0.29, 0.717) is 18.7 Å². The number of esters is 1. The van der Waals surface area contributed by atoms with Gasteiger partial charge in [-0.15, -0.1) is 0 Å². The normalized spacial score (nSPS) is 19.9. The predicted molar refractivity (Wildman–Crippen MR) is 154 cm³/mol. The maximum atomic E-state index is 13.0. The van der Waals surface area contributed by atoms with Gasteiger partial charge in [-0.25, -0.2) is 4.79 Å². The van der Waals surface area contributed by atoms with Crippen molar-refractivity contribution < 1.29 is 23.8 Å². The minimum Gasteiger partial charge on any atom is -0.480 e. The zero-order chi connectivity index (χ0) is 28.5. The SMILES string of the molecule is COc1nc(N)c(Cl)cc1C(=O)N[C@@H]1CCN(CCCc2ccc(C(=O)OCCN3CCCC3)cc2)C[C@@H]1OC. The van der Waals surface area contributed by atoms with E-state index in [9.17, 15) is 9.59 Å². The number of benzene rings is 1. The Labute approximate surface area is 241 Å². The molecular weight excluding hydrogens is 534 g/mol. The number of nitrogens with two attached hydrogens (primary N) is 1. The van der Waals surface area contributed by atoms with Crippen LogP contribution in [0.2, 0.25) is 5.02 Å². The van der Waals surface area contributed by atoms with Crippen molar-refractivity contribution in [2.75, 3.05) is 65.8 Å². The monoisotopic (exact) mass is 573 g/mol. The Bertz CT molecular complexity index is 1140. The van der Waals surface area contributed by atoms with Crippen LogP contribution in [0.4, 0.5) is 5.82 Å². The van der Waals surface area contributed by atoms with Gasteiger partial charge in [0.05, 0.1) is 29.8 Å². The average molecular weight is 574 g/mol. The fourth-order valence-electron chi connectivity index (χ4n) is 5.31. The van der Waals surface area contributed by atoms with Crippen LogP contribution in [0.5, 0.6) is 5.88 Å². The molecule has 0 unspecified atom stereocenters. The number of ether oxygens (including phenoxy) is 3. The summed E-state index contributed by atoms with van der Waals surface area (Å²) in [6.07, 6.45) is 4.93. The molecule has 2 aliphatic heterocycles. The lowest BCUT2D eigenvalue weighted by atomic mass is 10.00. The highest BCUT2D eigenvalue weighted by molar-refractivity contribution is 6.33. The molecule has 218 valence electrons. The third kappa shape index (κ3) is 8.06. The molecule has 0 radical (unpaired) electrons. The smallest absolute Gasteiger partial charge is 0.338 e. The van der Waals surface area contributed by atoms with Crippen molar-refractivity contribution in [3.8, 4) is 5.88 Å². The fourth-order valence-corrected chi connectivity index (χ4v) is 5.46. The molecular formula is C29H40ClN5O5. The summed E-state index contributed by atoms with van der Waals surface area (Å²) in [5, 5.41) is 3.25. The largest absolute Gasteiger partial charge is 0.480 e. The number of nitrogen functional groups attached to an aromatic ring is 1. The van der Waals surface area contributed by atoms with Gasteiger partial charge in [0.15, 0.2) is 0 Å². The first-order chi connectivity index (χ1) is 19.4. The molecule has 0 saturated carbocycles. The van der Waals surface area contributed by atoms with Gasteiger partial charge in [-0.3, -0.25) is 9.69 Å². The van der Waals surface area contributed by atoms with Gasteiger partial charge in [0.1, 0.15) is 18.0 Å². The van der Waals surface area contributed by atoms with Gasteiger partial charge >= 0.3 is 5.97 Å². The fraction of sp³-hybridized carbons (Fsp3) is 0.552. The van der Waals surface area contributed by atoms with Crippen molar-refractivity contribution in [1.29, 1.82) is 0 Å². The zero-order valence-corrected chi connectivity index (χ0v) is 24.1. The molecule has 0 spiro atoms. The second-order valence-corrected chi connectivity index (χ2v) is 10.7. The predicted octanol–water partition coefficient (Wildman–Crippen LogP) is 3.03. The van der Waals surface area contributed by atoms with Crippen LogP contribution in [-0.4, -0.2) is 98.9 Å². The molecule has 0 aliphatic carbocycles. The molecule has 1 aromatic carbocycles. The number of nitrogens with one attached hydrogen (secondary N) is 1. The van der Waals surface area contributed by atoms with E-state index in [-0.39, 0.29) is 46.3 Å². The van der Waals surface area contributed by atoms with Crippen molar-refractivity contribution in [2.45, 2.75) is 44.2 Å². The van der Waals surface area contributed by atoms with Crippen LogP contribution in [0.25, 0.3) is 0 Å². The van der Waals surface area contributed by atoms with Crippen molar-refractivity contribution in [3.63, 3.8) is 0 Å². The van der Waals surface area contributed by atoms with Crippen LogP contribution in [0, 0.1) is 0 Å². The molecule has 10 nitrogen and oxygen atoms in total. The number of aryl methyl sites for hydroxylation is 1. The molecule has 40 heavy (non-hydrogen) atoms. The Balaban J connectivity index is 1.19. The number of likely N-dealkylation sites (tertiary alicyclic amines) is 2. The van der Waals surface area contributed by atoms with Gasteiger partial charge in [0, 0.05) is 26.7 Å². The number of carbonyl (C=O) groups excluding carboxylic acids is 2. The first-order valence-electron chi connectivity index (χ1n) is 13.9. The molecule has 3 heterocycles. The Kier molecular flexibility index (Phi) is 11.0. The molecule has 2 aliphatic rings. The third-order valence-corrected chi connectivity index (χ3v) is 7.94. The Hall–Kier alpha value is -2.92. The maximum Gasteiger partial charge on any atom is 0.338 e. The highest BCUT2D eigenvalue weighted by atomic mass is 35.5. The number of amides is 1. The van der Waals surface area contributed by atoms with Gasteiger partial charge < -0.3 is 30.2 Å². The molecule has 1 amide bonds. The Morgan fingerprint density at radius 1 is 1.10 bits per heavy atom. The van der Waals surface area contributed by atoms with Crippen LogP contribution in [0.3, 0.4) is 0 Å². The van der Waals surface area contributed by atoms with Crippen LogP contribution < -0.4 is 15.8 Å². The van der Waals surface area contributed by atoms with Gasteiger partial charge in [-0.05, 0) is 75.5 Å². The number of aromatic nitrogens is 1. The molecule has 0 bridgehead atoms. The summed E-state index contributed by atoms with van der Waals surface area (Å²) in [4.78, 5) is 34.0. The first-order valence-corrected chi connectivity index (χ1v) is 14.3. The number of hydrogen-bond donors (Lipinski definition) is 2. The number of piperidine rings is 1. The second kappa shape index (κ2) is 14.6. The zero-order valence-electron chi connectivity index (χ0n) is 23.4. The summed E-state index contributed by atoms with van der Waals surface area (Å²) >= 11 is 6.08. The summed E-state index contributed by atoms with van der Waals surface area (Å²) < 4.78 is 16.4. The summed E-state index contributed by atoms with van der Waals surface area (Å²) in [5.41, 5.74) is 7.75. The lowest BCUT2D eigenvalue weighted by Gasteiger charge is -2.38. The molecule has 2 saturated heterocycles. The van der Waals surface area contributed by atoms with Crippen molar-refractivity contribution in [2.24, 2.45) is 0 Å². The molecule has 2 aromatic rings. The summed E-state index contributed by atoms with van der Waals surface area (Å²) in [6.45, 7) is 5.89. The standard InChI is InChI=1S/C29H40ClN5O5/c1-38-25-19-35(15-11-24(25)32-27(36)22-18-23(30)26(31)33-28(22)39-2)14-5-6-20-7-9-21(10-8-20)29(37)40-17-16-34-12-3-4-13-34/h7-10,18,24-25H,3-6,11-17,19H2,1-2H3,(H2,31,33)(H,32,36)/t24-,25+/m1/s1. The summed E-state index contributed by atoms with van der Waals surface area (Å²) in [6, 6.07) is 9.02. The summed E-state index contributed by atoms with van der Waals surface area (Å²) in [5.74, 6) is -0.348. The number of anilines is 1. The minimum absolute atomic E-state index is 0.111. The Morgan fingerprint density at radius 3 is 2.55 bits per heavy atom. The lowest BCUT2D eigenvalue weighted by molar-refractivity contribution is 0.00615. The van der Waals surface area contributed by atoms with Crippen LogP contribution in [-0.2, 0) is 15.9 Å². The number of rotatable bonds is 12. The number of halogens is 1. The molecule has 2 fully saturated rings. The van der Waals surface area contributed by atoms with E-state index in [1.54, 1.807) is 7.11 Å². The molecule has 4 rings (SSSR count). The van der Waals surface area contributed by atoms with E-state index in [2.05, 4.69) is 20.1 Å². The molecule has 2 atom stereocenters. The lowest BCUT2D eigenvalue weighted by Crippen LogP contribution is -2.55. The number of pyridine rings is 1. The highest BCUT2D eigenvalue weighted by Gasteiger charge is 2.31. The van der Waals surface area contributed by atoms with Crippen molar-refractivity contribution in [1.82, 2.24) is 20.1 Å².